The Hall–Kier alpha value is -1.81. The van der Waals surface area contributed by atoms with E-state index >= 15 is 0 Å². The summed E-state index contributed by atoms with van der Waals surface area (Å²) in [6.07, 6.45) is 0. The molecule has 0 aliphatic heterocycles. The minimum atomic E-state index is -1.12. The van der Waals surface area contributed by atoms with Crippen molar-refractivity contribution in [1.82, 2.24) is 4.98 Å². The van der Waals surface area contributed by atoms with Gasteiger partial charge in [-0.1, -0.05) is 18.2 Å². The number of fused-ring (bicyclic) bond motifs is 1. The van der Waals surface area contributed by atoms with Crippen LogP contribution < -0.4 is 0 Å². The molecule has 1 atom stereocenters. The molecule has 1 heterocycles. The molecule has 16 heavy (non-hydrogen) atoms. The third-order valence-corrected chi connectivity index (χ3v) is 2.65. The SMILES string of the molecule is COC(C)(O[C]=O)c1cc2ccccc2[nH]1. The molecular formula is C12H12NO3. The minimum absolute atomic E-state index is 0.680. The van der Waals surface area contributed by atoms with Crippen molar-refractivity contribution >= 4 is 17.4 Å². The van der Waals surface area contributed by atoms with Crippen LogP contribution in [0.4, 0.5) is 0 Å². The molecule has 0 amide bonds. The lowest BCUT2D eigenvalue weighted by molar-refractivity contribution is -0.169. The average molecular weight is 218 g/mol. The second-order valence-electron chi connectivity index (χ2n) is 3.61. The molecule has 0 aliphatic rings. The zero-order valence-corrected chi connectivity index (χ0v) is 9.11. The van der Waals surface area contributed by atoms with Crippen LogP contribution in [0.25, 0.3) is 10.9 Å². The fourth-order valence-corrected chi connectivity index (χ4v) is 1.60. The largest absolute Gasteiger partial charge is 0.420 e. The van der Waals surface area contributed by atoms with Crippen molar-refractivity contribution in [3.8, 4) is 0 Å². The number of nitrogens with one attached hydrogen (secondary N) is 1. The zero-order valence-electron chi connectivity index (χ0n) is 9.11. The molecule has 1 N–H and O–H groups in total. The molecular weight excluding hydrogens is 206 g/mol. The number of rotatable bonds is 4. The van der Waals surface area contributed by atoms with Crippen molar-refractivity contribution in [2.75, 3.05) is 7.11 Å². The first kappa shape index (κ1) is 10.7. The number of hydrogen-bond acceptors (Lipinski definition) is 3. The van der Waals surface area contributed by atoms with Crippen LogP contribution >= 0.6 is 0 Å². The normalized spacial score (nSPS) is 14.6. The first-order valence-electron chi connectivity index (χ1n) is 4.88. The second kappa shape index (κ2) is 3.98. The Labute approximate surface area is 93.2 Å². The maximum absolute atomic E-state index is 10.3. The van der Waals surface area contributed by atoms with Gasteiger partial charge < -0.3 is 14.5 Å². The van der Waals surface area contributed by atoms with Crippen molar-refractivity contribution in [3.63, 3.8) is 0 Å². The number of aromatic amines is 1. The van der Waals surface area contributed by atoms with Crippen molar-refractivity contribution in [2.24, 2.45) is 0 Å². The molecule has 83 valence electrons. The van der Waals surface area contributed by atoms with E-state index in [-0.39, 0.29) is 0 Å². The number of benzene rings is 1. The van der Waals surface area contributed by atoms with E-state index in [0.717, 1.165) is 10.9 Å². The van der Waals surface area contributed by atoms with Crippen LogP contribution in [0.3, 0.4) is 0 Å². The predicted molar refractivity (Wildman–Crippen MR) is 59.4 cm³/mol. The van der Waals surface area contributed by atoms with Gasteiger partial charge in [-0.3, -0.25) is 0 Å². The van der Waals surface area contributed by atoms with Gasteiger partial charge in [0.1, 0.15) is 0 Å². The Balaban J connectivity index is 2.49. The highest BCUT2D eigenvalue weighted by molar-refractivity contribution is 5.80. The fourth-order valence-electron chi connectivity index (χ4n) is 1.60. The molecule has 0 aliphatic carbocycles. The van der Waals surface area contributed by atoms with E-state index in [2.05, 4.69) is 4.98 Å². The number of H-pyrrole nitrogens is 1. The highest BCUT2D eigenvalue weighted by Gasteiger charge is 2.30. The molecule has 0 bridgehead atoms. The van der Waals surface area contributed by atoms with Gasteiger partial charge in [-0.05, 0) is 17.5 Å². The number of ether oxygens (including phenoxy) is 2. The van der Waals surface area contributed by atoms with Crippen molar-refractivity contribution < 1.29 is 14.3 Å². The van der Waals surface area contributed by atoms with Crippen LogP contribution in [0.5, 0.6) is 0 Å². The lowest BCUT2D eigenvalue weighted by atomic mass is 10.2. The van der Waals surface area contributed by atoms with Crippen LogP contribution in [0.15, 0.2) is 30.3 Å². The maximum atomic E-state index is 10.3. The summed E-state index contributed by atoms with van der Waals surface area (Å²) >= 11 is 0. The Morgan fingerprint density at radius 2 is 2.12 bits per heavy atom. The summed E-state index contributed by atoms with van der Waals surface area (Å²) < 4.78 is 10.0. The highest BCUT2D eigenvalue weighted by atomic mass is 16.7. The molecule has 1 aromatic heterocycles. The monoisotopic (exact) mass is 218 g/mol. The molecule has 2 rings (SSSR count). The molecule has 2 aromatic rings. The maximum Gasteiger partial charge on any atom is 0.420 e. The number of para-hydroxylation sites is 1. The third kappa shape index (κ3) is 1.67. The first-order valence-corrected chi connectivity index (χ1v) is 4.88. The highest BCUT2D eigenvalue weighted by Crippen LogP contribution is 2.27. The standard InChI is InChI=1S/C12H12NO3/c1-12(15-2,16-8-14)11-7-9-5-3-4-6-10(9)13-11/h3-7,13H,1-2H3. The Bertz CT molecular complexity index is 473. The van der Waals surface area contributed by atoms with Gasteiger partial charge in [-0.15, -0.1) is 0 Å². The summed E-state index contributed by atoms with van der Waals surface area (Å²) in [6.45, 7) is 3.06. The average Bonchev–Trinajstić information content (AvgIpc) is 2.73. The van der Waals surface area contributed by atoms with Crippen LogP contribution in [0.2, 0.25) is 0 Å². The summed E-state index contributed by atoms with van der Waals surface area (Å²) in [4.78, 5) is 13.5. The van der Waals surface area contributed by atoms with Crippen molar-refractivity contribution in [3.05, 3.63) is 36.0 Å². The van der Waals surface area contributed by atoms with E-state index in [1.807, 2.05) is 30.3 Å². The van der Waals surface area contributed by atoms with Gasteiger partial charge in [0.25, 0.3) is 5.79 Å². The van der Waals surface area contributed by atoms with Gasteiger partial charge in [-0.2, -0.15) is 0 Å². The second-order valence-corrected chi connectivity index (χ2v) is 3.61. The summed E-state index contributed by atoms with van der Waals surface area (Å²) in [6, 6.07) is 9.67. The van der Waals surface area contributed by atoms with Gasteiger partial charge >= 0.3 is 6.47 Å². The van der Waals surface area contributed by atoms with Crippen LogP contribution in [0.1, 0.15) is 12.6 Å². The quantitative estimate of drug-likeness (QED) is 0.799. The summed E-state index contributed by atoms with van der Waals surface area (Å²) in [5.74, 6) is -1.12. The zero-order chi connectivity index (χ0) is 11.6. The molecule has 0 saturated heterocycles. The van der Waals surface area contributed by atoms with E-state index in [1.54, 1.807) is 6.92 Å². The van der Waals surface area contributed by atoms with Gasteiger partial charge in [-0.25, -0.2) is 4.79 Å². The Kier molecular flexibility index (Phi) is 2.66. The van der Waals surface area contributed by atoms with E-state index < -0.39 is 5.79 Å². The summed E-state index contributed by atoms with van der Waals surface area (Å²) in [5, 5.41) is 1.04. The minimum Gasteiger partial charge on any atom is -0.419 e. The van der Waals surface area contributed by atoms with E-state index in [1.165, 1.54) is 13.6 Å². The molecule has 1 radical (unpaired) electrons. The lowest BCUT2D eigenvalue weighted by Gasteiger charge is -2.23. The molecule has 1 unspecified atom stereocenters. The lowest BCUT2D eigenvalue weighted by Crippen LogP contribution is -2.28. The van der Waals surface area contributed by atoms with E-state index in [9.17, 15) is 4.79 Å². The number of aromatic nitrogens is 1. The Morgan fingerprint density at radius 3 is 2.75 bits per heavy atom. The first-order chi connectivity index (χ1) is 7.69. The van der Waals surface area contributed by atoms with Crippen molar-refractivity contribution in [2.45, 2.75) is 12.7 Å². The topological polar surface area (TPSA) is 51.3 Å². The van der Waals surface area contributed by atoms with E-state index in [0.29, 0.717) is 5.69 Å². The van der Waals surface area contributed by atoms with Crippen LogP contribution in [0, 0.1) is 0 Å². The molecule has 4 heteroatoms. The molecule has 0 saturated carbocycles. The molecule has 0 fully saturated rings. The fraction of sp³-hybridized carbons (Fsp3) is 0.250. The van der Waals surface area contributed by atoms with Crippen LogP contribution in [-0.2, 0) is 20.1 Å². The van der Waals surface area contributed by atoms with Crippen molar-refractivity contribution in [1.29, 1.82) is 0 Å². The summed E-state index contributed by atoms with van der Waals surface area (Å²) in [5.41, 5.74) is 1.65. The molecule has 0 spiro atoms. The smallest absolute Gasteiger partial charge is 0.419 e. The Morgan fingerprint density at radius 1 is 1.38 bits per heavy atom. The van der Waals surface area contributed by atoms with Gasteiger partial charge in [0, 0.05) is 19.6 Å². The molecule has 1 aromatic carbocycles. The van der Waals surface area contributed by atoms with Crippen LogP contribution in [-0.4, -0.2) is 18.6 Å². The predicted octanol–water partition coefficient (Wildman–Crippen LogP) is 2.07. The number of hydrogen-bond donors (Lipinski definition) is 1. The van der Waals surface area contributed by atoms with Gasteiger partial charge in [0.05, 0.1) is 5.69 Å². The van der Waals surface area contributed by atoms with Gasteiger partial charge in [0.2, 0.25) is 0 Å². The van der Waals surface area contributed by atoms with E-state index in [4.69, 9.17) is 9.47 Å². The number of methoxy groups -OCH3 is 1. The molecule has 4 nitrogen and oxygen atoms in total. The number of carbonyl (C=O) groups excluding carboxylic acids is 1. The summed E-state index contributed by atoms with van der Waals surface area (Å²) in [7, 11) is 1.48. The third-order valence-electron chi connectivity index (χ3n) is 2.65. The van der Waals surface area contributed by atoms with Gasteiger partial charge in [0.15, 0.2) is 0 Å².